The highest BCUT2D eigenvalue weighted by atomic mass is 79.9. The Morgan fingerprint density at radius 2 is 2.18 bits per heavy atom. The molecule has 17 heavy (non-hydrogen) atoms. The standard InChI is InChI=1S/C13H23BrO3/c1-2-6-16-13-11(14)8-12(13)17-9-10-5-3-4-7-15-10/h10-13H,2-9H2,1H3. The second-order valence-electron chi connectivity index (χ2n) is 4.95. The van der Waals surface area contributed by atoms with Gasteiger partial charge in [-0.05, 0) is 32.1 Å². The lowest BCUT2D eigenvalue weighted by Gasteiger charge is -2.41. The maximum Gasteiger partial charge on any atom is 0.0962 e. The molecular weight excluding hydrogens is 284 g/mol. The normalized spacial score (nSPS) is 37.8. The summed E-state index contributed by atoms with van der Waals surface area (Å²) >= 11 is 3.63. The van der Waals surface area contributed by atoms with Crippen LogP contribution < -0.4 is 0 Å². The van der Waals surface area contributed by atoms with Gasteiger partial charge in [0.05, 0.1) is 24.9 Å². The summed E-state index contributed by atoms with van der Waals surface area (Å²) in [6.07, 6.45) is 6.54. The van der Waals surface area contributed by atoms with Crippen molar-refractivity contribution in [2.75, 3.05) is 19.8 Å². The van der Waals surface area contributed by atoms with E-state index in [1.54, 1.807) is 0 Å². The third kappa shape index (κ3) is 3.91. The number of ether oxygens (including phenoxy) is 3. The Bertz CT molecular complexity index is 219. The van der Waals surface area contributed by atoms with Crippen molar-refractivity contribution in [1.82, 2.24) is 0 Å². The molecular formula is C13H23BrO3. The fraction of sp³-hybridized carbons (Fsp3) is 1.00. The number of rotatable bonds is 6. The molecule has 0 radical (unpaired) electrons. The van der Waals surface area contributed by atoms with Crippen LogP contribution in [0.1, 0.15) is 39.0 Å². The summed E-state index contributed by atoms with van der Waals surface area (Å²) < 4.78 is 17.4. The van der Waals surface area contributed by atoms with E-state index >= 15 is 0 Å². The van der Waals surface area contributed by atoms with Crippen molar-refractivity contribution in [1.29, 1.82) is 0 Å². The fourth-order valence-corrected chi connectivity index (χ4v) is 3.19. The Hall–Kier alpha value is 0.360. The number of halogens is 1. The predicted octanol–water partition coefficient (Wildman–Crippen LogP) is 2.90. The van der Waals surface area contributed by atoms with E-state index in [1.807, 2.05) is 0 Å². The highest BCUT2D eigenvalue weighted by Crippen LogP contribution is 2.33. The van der Waals surface area contributed by atoms with Crippen molar-refractivity contribution in [3.05, 3.63) is 0 Å². The molecule has 0 spiro atoms. The molecule has 0 amide bonds. The average molecular weight is 307 g/mol. The van der Waals surface area contributed by atoms with E-state index < -0.39 is 0 Å². The Labute approximate surface area is 112 Å². The highest BCUT2D eigenvalue weighted by Gasteiger charge is 2.41. The van der Waals surface area contributed by atoms with Crippen molar-refractivity contribution in [2.24, 2.45) is 0 Å². The van der Waals surface area contributed by atoms with Gasteiger partial charge in [0.2, 0.25) is 0 Å². The van der Waals surface area contributed by atoms with E-state index in [1.165, 1.54) is 12.8 Å². The number of hydrogen-bond donors (Lipinski definition) is 0. The van der Waals surface area contributed by atoms with Gasteiger partial charge >= 0.3 is 0 Å². The highest BCUT2D eigenvalue weighted by molar-refractivity contribution is 9.09. The Morgan fingerprint density at radius 3 is 2.82 bits per heavy atom. The van der Waals surface area contributed by atoms with E-state index in [0.29, 0.717) is 10.9 Å². The second kappa shape index (κ2) is 7.07. The van der Waals surface area contributed by atoms with Gasteiger partial charge in [0, 0.05) is 18.0 Å². The van der Waals surface area contributed by atoms with Crippen molar-refractivity contribution < 1.29 is 14.2 Å². The molecule has 1 saturated carbocycles. The molecule has 1 aliphatic carbocycles. The van der Waals surface area contributed by atoms with Gasteiger partial charge < -0.3 is 14.2 Å². The minimum atomic E-state index is 0.235. The molecule has 3 nitrogen and oxygen atoms in total. The zero-order chi connectivity index (χ0) is 12.1. The molecule has 2 fully saturated rings. The lowest BCUT2D eigenvalue weighted by molar-refractivity contribution is -0.145. The molecule has 0 aromatic heterocycles. The monoisotopic (exact) mass is 306 g/mol. The Balaban J connectivity index is 1.64. The van der Waals surface area contributed by atoms with Gasteiger partial charge in [-0.15, -0.1) is 0 Å². The molecule has 1 aliphatic heterocycles. The fourth-order valence-electron chi connectivity index (χ4n) is 2.33. The van der Waals surface area contributed by atoms with Crippen LogP contribution in [-0.4, -0.2) is 43.0 Å². The van der Waals surface area contributed by atoms with Crippen LogP contribution in [0, 0.1) is 0 Å². The third-order valence-electron chi connectivity index (χ3n) is 3.46. The van der Waals surface area contributed by atoms with Crippen molar-refractivity contribution in [3.63, 3.8) is 0 Å². The first kappa shape index (κ1) is 13.8. The quantitative estimate of drug-likeness (QED) is 0.706. The van der Waals surface area contributed by atoms with Crippen molar-refractivity contribution >= 4 is 15.9 Å². The van der Waals surface area contributed by atoms with Crippen LogP contribution >= 0.6 is 15.9 Å². The lowest BCUT2D eigenvalue weighted by Crippen LogP contribution is -2.51. The summed E-state index contributed by atoms with van der Waals surface area (Å²) in [5, 5.41) is 0. The first-order valence-corrected chi connectivity index (χ1v) is 7.71. The van der Waals surface area contributed by atoms with E-state index in [2.05, 4.69) is 22.9 Å². The molecule has 4 heteroatoms. The minimum absolute atomic E-state index is 0.235. The summed E-state index contributed by atoms with van der Waals surface area (Å²) in [6, 6.07) is 0. The van der Waals surface area contributed by atoms with Gasteiger partial charge in [-0.3, -0.25) is 0 Å². The molecule has 0 aromatic carbocycles. The zero-order valence-electron chi connectivity index (χ0n) is 10.6. The lowest BCUT2D eigenvalue weighted by atomic mass is 9.91. The van der Waals surface area contributed by atoms with Crippen molar-refractivity contribution in [3.8, 4) is 0 Å². The van der Waals surface area contributed by atoms with Gasteiger partial charge in [-0.25, -0.2) is 0 Å². The number of hydrogen-bond acceptors (Lipinski definition) is 3. The van der Waals surface area contributed by atoms with Gasteiger partial charge in [0.25, 0.3) is 0 Å². The Morgan fingerprint density at radius 1 is 1.29 bits per heavy atom. The van der Waals surface area contributed by atoms with Crippen molar-refractivity contribution in [2.45, 2.75) is 62.2 Å². The zero-order valence-corrected chi connectivity index (χ0v) is 12.2. The molecule has 4 unspecified atom stereocenters. The van der Waals surface area contributed by atoms with Gasteiger partial charge in [0.1, 0.15) is 0 Å². The average Bonchev–Trinajstić information content (AvgIpc) is 2.36. The SMILES string of the molecule is CCCOC1C(Br)CC1OCC1CCCCO1. The van der Waals surface area contributed by atoms with E-state index in [9.17, 15) is 0 Å². The molecule has 1 heterocycles. The summed E-state index contributed by atoms with van der Waals surface area (Å²) in [6.45, 7) is 4.59. The second-order valence-corrected chi connectivity index (χ2v) is 6.12. The van der Waals surface area contributed by atoms with Crippen LogP contribution in [0.15, 0.2) is 0 Å². The van der Waals surface area contributed by atoms with Crippen LogP contribution in [0.3, 0.4) is 0 Å². The van der Waals surface area contributed by atoms with Gasteiger partial charge in [0.15, 0.2) is 0 Å². The van der Waals surface area contributed by atoms with Gasteiger partial charge in [-0.2, -0.15) is 0 Å². The maximum atomic E-state index is 5.92. The van der Waals surface area contributed by atoms with E-state index in [-0.39, 0.29) is 12.2 Å². The van der Waals surface area contributed by atoms with Crippen LogP contribution in [0.4, 0.5) is 0 Å². The van der Waals surface area contributed by atoms with Crippen LogP contribution in [0.25, 0.3) is 0 Å². The molecule has 2 rings (SSSR count). The molecule has 100 valence electrons. The van der Waals surface area contributed by atoms with Gasteiger partial charge in [-0.1, -0.05) is 22.9 Å². The predicted molar refractivity (Wildman–Crippen MR) is 70.7 cm³/mol. The molecule has 4 atom stereocenters. The summed E-state index contributed by atoms with van der Waals surface area (Å²) in [4.78, 5) is 0.464. The summed E-state index contributed by atoms with van der Waals surface area (Å²) in [5.41, 5.74) is 0. The number of alkyl halides is 1. The molecule has 0 aromatic rings. The minimum Gasteiger partial charge on any atom is -0.376 e. The molecule has 0 bridgehead atoms. The van der Waals surface area contributed by atoms with Crippen LogP contribution in [0.5, 0.6) is 0 Å². The maximum absolute atomic E-state index is 5.92. The first-order chi connectivity index (χ1) is 8.31. The summed E-state index contributed by atoms with van der Waals surface area (Å²) in [7, 11) is 0. The Kier molecular flexibility index (Phi) is 5.74. The van der Waals surface area contributed by atoms with Crippen LogP contribution in [-0.2, 0) is 14.2 Å². The summed E-state index contributed by atoms with van der Waals surface area (Å²) in [5.74, 6) is 0. The largest absolute Gasteiger partial charge is 0.376 e. The first-order valence-electron chi connectivity index (χ1n) is 6.80. The van der Waals surface area contributed by atoms with Crippen LogP contribution in [0.2, 0.25) is 0 Å². The smallest absolute Gasteiger partial charge is 0.0962 e. The topological polar surface area (TPSA) is 27.7 Å². The molecule has 2 aliphatic rings. The molecule has 1 saturated heterocycles. The molecule has 0 N–H and O–H groups in total. The third-order valence-corrected chi connectivity index (χ3v) is 4.36. The van der Waals surface area contributed by atoms with E-state index in [0.717, 1.165) is 39.1 Å². The van der Waals surface area contributed by atoms with E-state index in [4.69, 9.17) is 14.2 Å².